The molecule has 17 heavy (non-hydrogen) atoms. The van der Waals surface area contributed by atoms with Gasteiger partial charge in [-0.1, -0.05) is 0 Å². The number of carbonyl (C=O) groups excluding carboxylic acids is 1. The number of rotatable bonds is 8. The topological polar surface area (TPSA) is 61.8 Å². The van der Waals surface area contributed by atoms with Gasteiger partial charge in [-0.05, 0) is 0 Å². The number of halogens is 3. The number of likely N-dealkylation sites (N-methyl/N-ethyl adjacent to an activating group) is 1. The fraction of sp³-hybridized carbons (Fsp3) is 0.889. The van der Waals surface area contributed by atoms with Gasteiger partial charge in [-0.15, -0.1) is 0 Å². The van der Waals surface area contributed by atoms with Crippen molar-refractivity contribution >= 4 is 5.91 Å². The van der Waals surface area contributed by atoms with Crippen molar-refractivity contribution in [2.24, 2.45) is 0 Å². The average molecular weight is 258 g/mol. The number of amides is 1. The Morgan fingerprint density at radius 2 is 2.06 bits per heavy atom. The Labute approximate surface area is 97.5 Å². The summed E-state index contributed by atoms with van der Waals surface area (Å²) >= 11 is 0. The number of aliphatic hydroxyl groups excluding tert-OH is 1. The zero-order chi connectivity index (χ0) is 13.3. The van der Waals surface area contributed by atoms with E-state index >= 15 is 0 Å². The van der Waals surface area contributed by atoms with Crippen LogP contribution >= 0.6 is 0 Å². The lowest BCUT2D eigenvalue weighted by Crippen LogP contribution is -2.39. The number of hydrogen-bond acceptors (Lipinski definition) is 4. The van der Waals surface area contributed by atoms with Crippen LogP contribution in [0.1, 0.15) is 0 Å². The highest BCUT2D eigenvalue weighted by Crippen LogP contribution is 2.14. The summed E-state index contributed by atoms with van der Waals surface area (Å²) in [6.45, 7) is -1.23. The summed E-state index contributed by atoms with van der Waals surface area (Å²) in [7, 11) is 1.46. The van der Waals surface area contributed by atoms with Crippen molar-refractivity contribution in [2.45, 2.75) is 6.18 Å². The van der Waals surface area contributed by atoms with Crippen molar-refractivity contribution in [2.75, 3.05) is 46.5 Å². The molecule has 8 heteroatoms. The van der Waals surface area contributed by atoms with Crippen LogP contribution < -0.4 is 5.32 Å². The van der Waals surface area contributed by atoms with Crippen molar-refractivity contribution in [3.05, 3.63) is 0 Å². The number of carbonyl (C=O) groups is 1. The molecule has 0 bridgehead atoms. The molecule has 0 aromatic heterocycles. The lowest BCUT2D eigenvalue weighted by atomic mass is 10.4. The van der Waals surface area contributed by atoms with E-state index in [4.69, 9.17) is 5.11 Å². The zero-order valence-electron chi connectivity index (χ0n) is 9.59. The Morgan fingerprint density at radius 1 is 1.41 bits per heavy atom. The van der Waals surface area contributed by atoms with Gasteiger partial charge in [-0.3, -0.25) is 9.69 Å². The third-order valence-corrected chi connectivity index (χ3v) is 1.88. The molecular weight excluding hydrogens is 241 g/mol. The first-order valence-electron chi connectivity index (χ1n) is 5.07. The Morgan fingerprint density at radius 3 is 2.53 bits per heavy atom. The highest BCUT2D eigenvalue weighted by atomic mass is 19.4. The van der Waals surface area contributed by atoms with Crippen LogP contribution in [0.3, 0.4) is 0 Å². The average Bonchev–Trinajstić information content (AvgIpc) is 2.23. The van der Waals surface area contributed by atoms with E-state index in [2.05, 4.69) is 10.1 Å². The van der Waals surface area contributed by atoms with Crippen LogP contribution in [0.2, 0.25) is 0 Å². The van der Waals surface area contributed by atoms with Gasteiger partial charge in [0.1, 0.15) is 6.61 Å². The zero-order valence-corrected chi connectivity index (χ0v) is 9.59. The Bertz CT molecular complexity index is 224. The molecule has 0 aliphatic heterocycles. The van der Waals surface area contributed by atoms with E-state index in [1.54, 1.807) is 0 Å². The molecule has 1 amide bonds. The number of nitrogens with one attached hydrogen (secondary N) is 1. The molecule has 0 heterocycles. The molecule has 102 valence electrons. The van der Waals surface area contributed by atoms with E-state index in [0.29, 0.717) is 0 Å². The lowest BCUT2D eigenvalue weighted by Gasteiger charge is -2.20. The van der Waals surface area contributed by atoms with E-state index in [-0.39, 0.29) is 38.8 Å². The van der Waals surface area contributed by atoms with Crippen LogP contribution in [0.15, 0.2) is 0 Å². The van der Waals surface area contributed by atoms with Gasteiger partial charge >= 0.3 is 6.18 Å². The molecule has 0 unspecified atom stereocenters. The second-order valence-electron chi connectivity index (χ2n) is 3.34. The molecule has 0 saturated carbocycles. The molecule has 2 N–H and O–H groups in total. The Kier molecular flexibility index (Phi) is 7.85. The van der Waals surface area contributed by atoms with Gasteiger partial charge in [0.05, 0.1) is 19.8 Å². The van der Waals surface area contributed by atoms with Gasteiger partial charge in [0.2, 0.25) is 5.91 Å². The van der Waals surface area contributed by atoms with Gasteiger partial charge < -0.3 is 15.2 Å². The predicted octanol–water partition coefficient (Wildman–Crippen LogP) is -0.394. The first-order valence-corrected chi connectivity index (χ1v) is 5.07. The first kappa shape index (κ1) is 16.1. The number of nitrogens with zero attached hydrogens (tertiary/aromatic N) is 1. The van der Waals surface area contributed by atoms with E-state index in [0.717, 1.165) is 0 Å². The van der Waals surface area contributed by atoms with Crippen molar-refractivity contribution in [1.29, 1.82) is 0 Å². The summed E-state index contributed by atoms with van der Waals surface area (Å²) in [6.07, 6.45) is -4.34. The number of alkyl halides is 3. The largest absolute Gasteiger partial charge is 0.411 e. The lowest BCUT2D eigenvalue weighted by molar-refractivity contribution is -0.174. The molecule has 0 aliphatic rings. The normalized spacial score (nSPS) is 11.9. The van der Waals surface area contributed by atoms with Crippen LogP contribution in [-0.4, -0.2) is 68.6 Å². The molecule has 0 atom stereocenters. The van der Waals surface area contributed by atoms with Crippen molar-refractivity contribution in [1.82, 2.24) is 10.2 Å². The molecule has 5 nitrogen and oxygen atoms in total. The molecule has 0 fully saturated rings. The fourth-order valence-electron chi connectivity index (χ4n) is 1.08. The van der Waals surface area contributed by atoms with E-state index in [9.17, 15) is 18.0 Å². The van der Waals surface area contributed by atoms with Crippen molar-refractivity contribution in [3.63, 3.8) is 0 Å². The van der Waals surface area contributed by atoms with Crippen molar-refractivity contribution < 1.29 is 27.8 Å². The van der Waals surface area contributed by atoms with Crippen LogP contribution in [-0.2, 0) is 9.53 Å². The maximum Gasteiger partial charge on any atom is 0.411 e. The van der Waals surface area contributed by atoms with Crippen LogP contribution in [0.5, 0.6) is 0 Å². The first-order chi connectivity index (χ1) is 7.89. The smallest absolute Gasteiger partial charge is 0.395 e. The third kappa shape index (κ3) is 10.0. The minimum Gasteiger partial charge on any atom is -0.395 e. The number of hydrogen-bond donors (Lipinski definition) is 2. The summed E-state index contributed by atoms with van der Waals surface area (Å²) in [4.78, 5) is 12.5. The van der Waals surface area contributed by atoms with Gasteiger partial charge in [0.25, 0.3) is 0 Å². The molecule has 0 aliphatic carbocycles. The molecule has 0 aromatic carbocycles. The summed E-state index contributed by atoms with van der Waals surface area (Å²) in [5.41, 5.74) is 0. The van der Waals surface area contributed by atoms with Crippen LogP contribution in [0, 0.1) is 0 Å². The quantitative estimate of drug-likeness (QED) is 0.582. The maximum atomic E-state index is 11.8. The van der Waals surface area contributed by atoms with Crippen LogP contribution in [0.25, 0.3) is 0 Å². The highest BCUT2D eigenvalue weighted by Gasteiger charge is 2.27. The molecule has 0 rings (SSSR count). The van der Waals surface area contributed by atoms with Gasteiger partial charge in [-0.2, -0.15) is 13.2 Å². The molecular formula is C9H17F3N2O3. The second kappa shape index (κ2) is 8.26. The minimum atomic E-state index is -4.34. The summed E-state index contributed by atoms with van der Waals surface area (Å²) in [5, 5.41) is 11.1. The standard InChI is InChI=1S/C9H17F3N2O3/c1-13-8(16)6-14(2-4-15)3-5-17-7-9(10,11)12/h15H,2-7H2,1H3,(H,13,16). The summed E-state index contributed by atoms with van der Waals surface area (Å²) < 4.78 is 39.7. The number of ether oxygens (including phenoxy) is 1. The SMILES string of the molecule is CNC(=O)CN(CCO)CCOCC(F)(F)F. The van der Waals surface area contributed by atoms with E-state index < -0.39 is 12.8 Å². The highest BCUT2D eigenvalue weighted by molar-refractivity contribution is 5.77. The Hall–Kier alpha value is -0.860. The molecule has 0 saturated heterocycles. The van der Waals surface area contributed by atoms with E-state index in [1.807, 2.05) is 0 Å². The van der Waals surface area contributed by atoms with Gasteiger partial charge in [0, 0.05) is 20.1 Å². The maximum absolute atomic E-state index is 11.8. The molecule has 0 radical (unpaired) electrons. The predicted molar refractivity (Wildman–Crippen MR) is 54.5 cm³/mol. The second-order valence-corrected chi connectivity index (χ2v) is 3.34. The van der Waals surface area contributed by atoms with Gasteiger partial charge in [0.15, 0.2) is 0 Å². The Balaban J connectivity index is 3.81. The minimum absolute atomic E-state index is 0.0203. The number of aliphatic hydroxyl groups is 1. The van der Waals surface area contributed by atoms with Gasteiger partial charge in [-0.25, -0.2) is 0 Å². The summed E-state index contributed by atoms with van der Waals surface area (Å²) in [6, 6.07) is 0. The van der Waals surface area contributed by atoms with E-state index in [1.165, 1.54) is 11.9 Å². The van der Waals surface area contributed by atoms with Crippen LogP contribution in [0.4, 0.5) is 13.2 Å². The monoisotopic (exact) mass is 258 g/mol. The molecule has 0 spiro atoms. The third-order valence-electron chi connectivity index (χ3n) is 1.88. The van der Waals surface area contributed by atoms with Crippen molar-refractivity contribution in [3.8, 4) is 0 Å². The fourth-order valence-corrected chi connectivity index (χ4v) is 1.08. The molecule has 0 aromatic rings. The summed E-state index contributed by atoms with van der Waals surface area (Å²) in [5.74, 6) is -0.269.